The number of carbonyl (C=O) groups excluding carboxylic acids is 1. The number of nitrogens with zero attached hydrogens (tertiary/aromatic N) is 1. The van der Waals surface area contributed by atoms with Crippen LogP contribution in [0.15, 0.2) is 41.3 Å². The Morgan fingerprint density at radius 3 is 2.59 bits per heavy atom. The third-order valence-electron chi connectivity index (χ3n) is 3.01. The number of halogens is 1. The van der Waals surface area contributed by atoms with Crippen LogP contribution >= 0.6 is 11.8 Å². The van der Waals surface area contributed by atoms with Crippen molar-refractivity contribution in [1.82, 2.24) is 0 Å². The molecule has 1 N–H and O–H groups in total. The molecule has 0 spiro atoms. The third-order valence-corrected chi connectivity index (χ3v) is 3.80. The summed E-state index contributed by atoms with van der Waals surface area (Å²) in [7, 11) is 0. The van der Waals surface area contributed by atoms with E-state index >= 15 is 0 Å². The summed E-state index contributed by atoms with van der Waals surface area (Å²) < 4.78 is 13.7. The zero-order valence-electron chi connectivity index (χ0n) is 11.9. The zero-order valence-corrected chi connectivity index (χ0v) is 12.7. The van der Waals surface area contributed by atoms with Gasteiger partial charge in [-0.3, -0.25) is 14.9 Å². The smallest absolute Gasteiger partial charge is 0.283 e. The quantitative estimate of drug-likeness (QED) is 0.525. The van der Waals surface area contributed by atoms with Crippen molar-refractivity contribution in [3.8, 4) is 0 Å². The molecule has 0 aromatic heterocycles. The maximum atomic E-state index is 13.7. The number of hydrogen-bond donors (Lipinski definition) is 1. The number of aryl methyl sites for hydroxylation is 1. The van der Waals surface area contributed by atoms with Gasteiger partial charge >= 0.3 is 0 Å². The maximum absolute atomic E-state index is 13.7. The summed E-state index contributed by atoms with van der Waals surface area (Å²) >= 11 is 1.22. The highest BCUT2D eigenvalue weighted by Gasteiger charge is 2.17. The summed E-state index contributed by atoms with van der Waals surface area (Å²) in [4.78, 5) is 23.0. The van der Waals surface area contributed by atoms with Crippen LogP contribution in [0.5, 0.6) is 0 Å². The van der Waals surface area contributed by atoms with E-state index < -0.39 is 16.6 Å². The molecule has 22 heavy (non-hydrogen) atoms. The lowest BCUT2D eigenvalue weighted by molar-refractivity contribution is -0.387. The van der Waals surface area contributed by atoms with Crippen LogP contribution in [0, 0.1) is 22.9 Å². The van der Waals surface area contributed by atoms with Crippen LogP contribution in [-0.4, -0.2) is 17.1 Å². The number of thioether (sulfide) groups is 1. The average molecular weight is 320 g/mol. The van der Waals surface area contributed by atoms with Gasteiger partial charge < -0.3 is 5.32 Å². The molecule has 0 atom stereocenters. The molecule has 0 bridgehead atoms. The summed E-state index contributed by atoms with van der Waals surface area (Å²) in [5.41, 5.74) is 0.719. The molecular formula is C15H13FN2O3S. The van der Waals surface area contributed by atoms with Gasteiger partial charge in [0.05, 0.1) is 15.5 Å². The fourth-order valence-electron chi connectivity index (χ4n) is 1.89. The van der Waals surface area contributed by atoms with Crippen molar-refractivity contribution >= 4 is 29.0 Å². The summed E-state index contributed by atoms with van der Waals surface area (Å²) in [6.07, 6.45) is 1.71. The van der Waals surface area contributed by atoms with Gasteiger partial charge in [-0.2, -0.15) is 0 Å². The van der Waals surface area contributed by atoms with Crippen molar-refractivity contribution < 1.29 is 14.1 Å². The first-order valence-electron chi connectivity index (χ1n) is 6.32. The van der Waals surface area contributed by atoms with Gasteiger partial charge in [-0.15, -0.1) is 11.8 Å². The number of hydrogen-bond acceptors (Lipinski definition) is 4. The molecule has 2 aromatic carbocycles. The fraction of sp³-hybridized carbons (Fsp3) is 0.133. The second-order valence-corrected chi connectivity index (χ2v) is 5.43. The number of nitrogens with one attached hydrogen (secondary N) is 1. The lowest BCUT2D eigenvalue weighted by Gasteiger charge is -2.08. The normalized spacial score (nSPS) is 10.3. The van der Waals surface area contributed by atoms with E-state index in [1.807, 2.05) is 0 Å². The molecule has 0 fully saturated rings. The molecule has 0 radical (unpaired) electrons. The molecular weight excluding hydrogens is 307 g/mol. The van der Waals surface area contributed by atoms with Crippen molar-refractivity contribution in [2.75, 3.05) is 11.6 Å². The summed E-state index contributed by atoms with van der Waals surface area (Å²) in [6, 6.07) is 8.58. The number of anilines is 1. The molecule has 5 nitrogen and oxygen atoms in total. The molecule has 7 heteroatoms. The van der Waals surface area contributed by atoms with Crippen molar-refractivity contribution in [3.63, 3.8) is 0 Å². The molecule has 2 aromatic rings. The van der Waals surface area contributed by atoms with E-state index in [1.54, 1.807) is 19.2 Å². The number of amides is 1. The number of nitro groups is 1. The van der Waals surface area contributed by atoms with Crippen LogP contribution in [0.3, 0.4) is 0 Å². The van der Waals surface area contributed by atoms with Crippen molar-refractivity contribution in [1.29, 1.82) is 0 Å². The summed E-state index contributed by atoms with van der Waals surface area (Å²) in [5, 5.41) is 13.4. The lowest BCUT2D eigenvalue weighted by atomic mass is 10.1. The van der Waals surface area contributed by atoms with E-state index in [0.29, 0.717) is 4.90 Å². The standard InChI is InChI=1S/C15H13FN2O3S/c1-9-3-5-12(11(16)7-9)17-15(19)10-4-6-14(22-2)13(8-10)18(20)21/h3-8H,1-2H3,(H,17,19). The molecule has 0 saturated heterocycles. The number of nitro benzene ring substituents is 1. The van der Waals surface area contributed by atoms with Gasteiger partial charge in [0, 0.05) is 11.6 Å². The van der Waals surface area contributed by atoms with Crippen molar-refractivity contribution in [3.05, 3.63) is 63.5 Å². The van der Waals surface area contributed by atoms with Crippen LogP contribution in [0.4, 0.5) is 15.8 Å². The van der Waals surface area contributed by atoms with E-state index in [4.69, 9.17) is 0 Å². The molecule has 1 amide bonds. The predicted molar refractivity (Wildman–Crippen MR) is 84.0 cm³/mol. The van der Waals surface area contributed by atoms with Gasteiger partial charge in [0.25, 0.3) is 11.6 Å². The number of rotatable bonds is 4. The average Bonchev–Trinajstić information content (AvgIpc) is 2.49. The second kappa shape index (κ2) is 6.57. The van der Waals surface area contributed by atoms with Crippen LogP contribution in [0.1, 0.15) is 15.9 Å². The highest BCUT2D eigenvalue weighted by Crippen LogP contribution is 2.28. The van der Waals surface area contributed by atoms with Gasteiger partial charge in [-0.25, -0.2) is 4.39 Å². The largest absolute Gasteiger partial charge is 0.319 e. The van der Waals surface area contributed by atoms with Gasteiger partial charge in [0.15, 0.2) is 0 Å². The fourth-order valence-corrected chi connectivity index (χ4v) is 2.44. The van der Waals surface area contributed by atoms with Gasteiger partial charge in [0.1, 0.15) is 5.82 Å². The van der Waals surface area contributed by atoms with E-state index in [2.05, 4.69) is 5.32 Å². The Morgan fingerprint density at radius 1 is 1.27 bits per heavy atom. The van der Waals surface area contributed by atoms with E-state index in [1.165, 1.54) is 42.1 Å². The first-order chi connectivity index (χ1) is 10.4. The minimum atomic E-state index is -0.599. The van der Waals surface area contributed by atoms with Gasteiger partial charge in [-0.05, 0) is 43.0 Å². The molecule has 0 aliphatic carbocycles. The molecule has 0 heterocycles. The predicted octanol–water partition coefficient (Wildman–Crippen LogP) is 4.02. The van der Waals surface area contributed by atoms with Gasteiger partial charge in [-0.1, -0.05) is 6.07 Å². The number of benzene rings is 2. The third kappa shape index (κ3) is 3.43. The van der Waals surface area contributed by atoms with Crippen LogP contribution in [-0.2, 0) is 0 Å². The van der Waals surface area contributed by atoms with E-state index in [9.17, 15) is 19.3 Å². The summed E-state index contributed by atoms with van der Waals surface area (Å²) in [6.45, 7) is 1.74. The molecule has 2 rings (SSSR count). The molecule has 0 saturated carbocycles. The zero-order chi connectivity index (χ0) is 16.3. The Kier molecular flexibility index (Phi) is 4.77. The molecule has 0 unspecified atom stereocenters. The Bertz CT molecular complexity index is 750. The highest BCUT2D eigenvalue weighted by molar-refractivity contribution is 7.98. The highest BCUT2D eigenvalue weighted by atomic mass is 32.2. The summed E-state index contributed by atoms with van der Waals surface area (Å²) in [5.74, 6) is -1.15. The van der Waals surface area contributed by atoms with Gasteiger partial charge in [0.2, 0.25) is 0 Å². The lowest BCUT2D eigenvalue weighted by Crippen LogP contribution is -2.13. The Morgan fingerprint density at radius 2 is 2.00 bits per heavy atom. The Hall–Kier alpha value is -2.41. The minimum Gasteiger partial charge on any atom is -0.319 e. The van der Waals surface area contributed by atoms with Crippen LogP contribution in [0.25, 0.3) is 0 Å². The monoisotopic (exact) mass is 320 g/mol. The molecule has 0 aliphatic heterocycles. The van der Waals surface area contributed by atoms with Crippen molar-refractivity contribution in [2.45, 2.75) is 11.8 Å². The van der Waals surface area contributed by atoms with Crippen LogP contribution in [0.2, 0.25) is 0 Å². The number of carbonyl (C=O) groups is 1. The SMILES string of the molecule is CSc1ccc(C(=O)Nc2ccc(C)cc2F)cc1[N+](=O)[O-]. The van der Waals surface area contributed by atoms with Crippen LogP contribution < -0.4 is 5.32 Å². The Balaban J connectivity index is 2.30. The minimum absolute atomic E-state index is 0.0344. The Labute approximate surface area is 130 Å². The maximum Gasteiger partial charge on any atom is 0.283 e. The first-order valence-corrected chi connectivity index (χ1v) is 7.55. The topological polar surface area (TPSA) is 72.2 Å². The van der Waals surface area contributed by atoms with Crippen molar-refractivity contribution in [2.24, 2.45) is 0 Å². The first kappa shape index (κ1) is 16.0. The molecule has 114 valence electrons. The second-order valence-electron chi connectivity index (χ2n) is 4.58. The molecule has 0 aliphatic rings. The van der Waals surface area contributed by atoms with E-state index in [-0.39, 0.29) is 16.9 Å². The van der Waals surface area contributed by atoms with E-state index in [0.717, 1.165) is 5.56 Å².